The number of hydrogen-bond acceptors (Lipinski definition) is 2. The van der Waals surface area contributed by atoms with Crippen LogP contribution in [0.2, 0.25) is 0 Å². The summed E-state index contributed by atoms with van der Waals surface area (Å²) in [5.41, 5.74) is 11.5. The first-order valence-electron chi connectivity index (χ1n) is 7.92. The van der Waals surface area contributed by atoms with Crippen LogP contribution in [0.15, 0.2) is 46.9 Å². The molecule has 4 heteroatoms. The number of rotatable bonds is 2. The third-order valence-electron chi connectivity index (χ3n) is 4.68. The Balaban J connectivity index is 2.07. The van der Waals surface area contributed by atoms with Crippen LogP contribution in [0.3, 0.4) is 0 Å². The molecule has 1 aliphatic rings. The Hall–Kier alpha value is -1.78. The van der Waals surface area contributed by atoms with E-state index in [1.807, 2.05) is 12.1 Å². The largest absolute Gasteiger partial charge is 0.497 e. The molecule has 0 radical (unpaired) electrons. The summed E-state index contributed by atoms with van der Waals surface area (Å²) in [5.74, 6) is 0.861. The standard InChI is InChI=1S/C19H19BrN2O/c1-23-14-5-2-4-13(11-14)22-18-9-8-12(20)10-16(18)15-6-3-7-17(21)19(15)22/h2,4-5,8-11,17H,3,6-7,21H2,1H3. The molecule has 0 saturated carbocycles. The lowest BCUT2D eigenvalue weighted by atomic mass is 9.92. The number of ether oxygens (including phenoxy) is 1. The van der Waals surface area contributed by atoms with Crippen LogP contribution in [-0.4, -0.2) is 11.7 Å². The van der Waals surface area contributed by atoms with Gasteiger partial charge in [-0.3, -0.25) is 0 Å². The highest BCUT2D eigenvalue weighted by Crippen LogP contribution is 2.39. The van der Waals surface area contributed by atoms with Gasteiger partial charge in [0.15, 0.2) is 0 Å². The van der Waals surface area contributed by atoms with Gasteiger partial charge >= 0.3 is 0 Å². The van der Waals surface area contributed by atoms with Gasteiger partial charge in [0.1, 0.15) is 5.75 Å². The number of methoxy groups -OCH3 is 1. The van der Waals surface area contributed by atoms with Crippen molar-refractivity contribution >= 4 is 26.8 Å². The van der Waals surface area contributed by atoms with Crippen molar-refractivity contribution in [1.82, 2.24) is 4.57 Å². The third kappa shape index (κ3) is 2.37. The fourth-order valence-corrected chi connectivity index (χ4v) is 4.02. The number of halogens is 1. The Morgan fingerprint density at radius 3 is 2.91 bits per heavy atom. The van der Waals surface area contributed by atoms with Gasteiger partial charge < -0.3 is 15.0 Å². The van der Waals surface area contributed by atoms with Gasteiger partial charge in [0, 0.05) is 33.3 Å². The van der Waals surface area contributed by atoms with Crippen molar-refractivity contribution in [3.63, 3.8) is 0 Å². The molecule has 4 rings (SSSR count). The Kier molecular flexibility index (Phi) is 3.66. The van der Waals surface area contributed by atoms with Crippen LogP contribution >= 0.6 is 15.9 Å². The van der Waals surface area contributed by atoms with Crippen molar-refractivity contribution < 1.29 is 4.74 Å². The van der Waals surface area contributed by atoms with E-state index in [2.05, 4.69) is 50.8 Å². The molecule has 0 spiro atoms. The highest BCUT2D eigenvalue weighted by atomic mass is 79.9. The summed E-state index contributed by atoms with van der Waals surface area (Å²) in [5, 5.41) is 1.30. The second kappa shape index (κ2) is 5.69. The SMILES string of the molecule is COc1cccc(-n2c3c(c4cc(Br)ccc42)CCCC3N)c1. The van der Waals surface area contributed by atoms with Gasteiger partial charge in [0.25, 0.3) is 0 Å². The molecule has 1 unspecified atom stereocenters. The zero-order chi connectivity index (χ0) is 16.0. The Morgan fingerprint density at radius 2 is 2.09 bits per heavy atom. The molecule has 1 aromatic heterocycles. The number of nitrogens with two attached hydrogens (primary N) is 1. The first kappa shape index (κ1) is 14.8. The molecule has 1 heterocycles. The summed E-state index contributed by atoms with van der Waals surface area (Å²) in [4.78, 5) is 0. The number of hydrogen-bond donors (Lipinski definition) is 1. The number of nitrogens with zero attached hydrogens (tertiary/aromatic N) is 1. The van der Waals surface area contributed by atoms with Crippen LogP contribution in [0, 0.1) is 0 Å². The van der Waals surface area contributed by atoms with E-state index in [9.17, 15) is 0 Å². The van der Waals surface area contributed by atoms with Crippen molar-refractivity contribution in [2.75, 3.05) is 7.11 Å². The molecule has 118 valence electrons. The predicted octanol–water partition coefficient (Wildman–Crippen LogP) is 4.74. The lowest BCUT2D eigenvalue weighted by Crippen LogP contribution is -2.20. The van der Waals surface area contributed by atoms with Crippen molar-refractivity contribution in [2.45, 2.75) is 25.3 Å². The lowest BCUT2D eigenvalue weighted by Gasteiger charge is -2.22. The first-order valence-corrected chi connectivity index (χ1v) is 8.71. The van der Waals surface area contributed by atoms with Gasteiger partial charge in [0.05, 0.1) is 12.6 Å². The zero-order valence-corrected chi connectivity index (χ0v) is 14.6. The summed E-state index contributed by atoms with van der Waals surface area (Å²) in [7, 11) is 1.70. The van der Waals surface area contributed by atoms with E-state index in [1.165, 1.54) is 22.2 Å². The lowest BCUT2D eigenvalue weighted by molar-refractivity contribution is 0.414. The molecule has 2 N–H and O–H groups in total. The van der Waals surface area contributed by atoms with Crippen LogP contribution in [0.5, 0.6) is 5.75 Å². The quantitative estimate of drug-likeness (QED) is 0.707. The van der Waals surface area contributed by atoms with Crippen molar-refractivity contribution in [3.05, 3.63) is 58.2 Å². The molecule has 0 saturated heterocycles. The summed E-state index contributed by atoms with van der Waals surface area (Å²) >= 11 is 3.60. The van der Waals surface area contributed by atoms with E-state index in [0.29, 0.717) is 0 Å². The second-order valence-corrected chi connectivity index (χ2v) is 6.98. The van der Waals surface area contributed by atoms with Crippen molar-refractivity contribution in [2.24, 2.45) is 5.73 Å². The highest BCUT2D eigenvalue weighted by Gasteiger charge is 2.26. The summed E-state index contributed by atoms with van der Waals surface area (Å²) in [6, 6.07) is 14.7. The molecule has 3 nitrogen and oxygen atoms in total. The van der Waals surface area contributed by atoms with E-state index in [-0.39, 0.29) is 6.04 Å². The van der Waals surface area contributed by atoms with E-state index < -0.39 is 0 Å². The first-order chi connectivity index (χ1) is 11.2. The molecular formula is C19H19BrN2O. The van der Waals surface area contributed by atoms with Crippen LogP contribution in [-0.2, 0) is 6.42 Å². The summed E-state index contributed by atoms with van der Waals surface area (Å²) in [6.07, 6.45) is 3.28. The maximum Gasteiger partial charge on any atom is 0.120 e. The topological polar surface area (TPSA) is 40.2 Å². The Morgan fingerprint density at radius 1 is 1.22 bits per heavy atom. The molecule has 0 amide bonds. The van der Waals surface area contributed by atoms with Crippen LogP contribution < -0.4 is 10.5 Å². The monoisotopic (exact) mass is 370 g/mol. The van der Waals surface area contributed by atoms with Crippen molar-refractivity contribution in [3.8, 4) is 11.4 Å². The fourth-order valence-electron chi connectivity index (χ4n) is 3.66. The number of fused-ring (bicyclic) bond motifs is 3. The minimum absolute atomic E-state index is 0.0797. The van der Waals surface area contributed by atoms with Crippen LogP contribution in [0.25, 0.3) is 16.6 Å². The van der Waals surface area contributed by atoms with Gasteiger partial charge in [-0.05, 0) is 55.2 Å². The van der Waals surface area contributed by atoms with Gasteiger partial charge in [-0.25, -0.2) is 0 Å². The maximum atomic E-state index is 6.49. The molecule has 23 heavy (non-hydrogen) atoms. The highest BCUT2D eigenvalue weighted by molar-refractivity contribution is 9.10. The van der Waals surface area contributed by atoms with Gasteiger partial charge in [-0.15, -0.1) is 0 Å². The van der Waals surface area contributed by atoms with E-state index >= 15 is 0 Å². The van der Waals surface area contributed by atoms with Crippen LogP contribution in [0.4, 0.5) is 0 Å². The Bertz CT molecular complexity index is 884. The van der Waals surface area contributed by atoms with E-state index in [0.717, 1.165) is 35.2 Å². The van der Waals surface area contributed by atoms with Gasteiger partial charge in [0.2, 0.25) is 0 Å². The minimum atomic E-state index is 0.0797. The molecule has 0 bridgehead atoms. The average Bonchev–Trinajstić information content (AvgIpc) is 2.90. The van der Waals surface area contributed by atoms with E-state index in [4.69, 9.17) is 10.5 Å². The summed E-state index contributed by atoms with van der Waals surface area (Å²) < 4.78 is 8.82. The van der Waals surface area contributed by atoms with Crippen LogP contribution in [0.1, 0.15) is 30.1 Å². The van der Waals surface area contributed by atoms with E-state index in [1.54, 1.807) is 7.11 Å². The van der Waals surface area contributed by atoms with Gasteiger partial charge in [-0.1, -0.05) is 22.0 Å². The normalized spacial score (nSPS) is 17.3. The number of aryl methyl sites for hydroxylation is 1. The smallest absolute Gasteiger partial charge is 0.120 e. The molecule has 1 aliphatic carbocycles. The number of benzene rings is 2. The Labute approximate surface area is 144 Å². The third-order valence-corrected chi connectivity index (χ3v) is 5.17. The zero-order valence-electron chi connectivity index (χ0n) is 13.1. The summed E-state index contributed by atoms with van der Waals surface area (Å²) in [6.45, 7) is 0. The molecular weight excluding hydrogens is 352 g/mol. The minimum Gasteiger partial charge on any atom is -0.497 e. The van der Waals surface area contributed by atoms with Gasteiger partial charge in [-0.2, -0.15) is 0 Å². The molecule has 0 aliphatic heterocycles. The number of aromatic nitrogens is 1. The molecule has 0 fully saturated rings. The van der Waals surface area contributed by atoms with Crippen molar-refractivity contribution in [1.29, 1.82) is 0 Å². The predicted molar refractivity (Wildman–Crippen MR) is 97.4 cm³/mol. The average molecular weight is 371 g/mol. The fraction of sp³-hybridized carbons (Fsp3) is 0.263. The molecule has 1 atom stereocenters. The maximum absolute atomic E-state index is 6.49. The molecule has 3 aromatic rings. The second-order valence-electron chi connectivity index (χ2n) is 6.06. The molecule has 2 aromatic carbocycles.